The molecule has 4 heteroatoms. The standard InChI is InChI=1S/C42H75NO3/c1-3-5-7-9-11-13-15-17-19-20-21-22-24-26-28-30-32-34-36-38-42(46)43-40(39-44)41(45)37-35-33-31-29-27-25-23-18-16-14-12-10-8-6-4-2/h5,7,11,13,17,19,21-22,26,28,40-41,44-45H,3-4,6,8-10,12,14-16,18,20,23-25,27,29-39H2,1-2H3,(H,43,46)/b7-5-,13-11-,19-17-,22-21-,28-26-. The minimum atomic E-state index is -0.675. The summed E-state index contributed by atoms with van der Waals surface area (Å²) in [4.78, 5) is 12.3. The highest BCUT2D eigenvalue weighted by atomic mass is 16.3. The van der Waals surface area contributed by atoms with Crippen molar-refractivity contribution in [3.63, 3.8) is 0 Å². The molecule has 0 fully saturated rings. The number of unbranched alkanes of at least 4 members (excludes halogenated alkanes) is 17. The fourth-order valence-electron chi connectivity index (χ4n) is 5.56. The molecule has 0 aromatic rings. The zero-order chi connectivity index (χ0) is 33.6. The van der Waals surface area contributed by atoms with E-state index in [-0.39, 0.29) is 12.5 Å². The van der Waals surface area contributed by atoms with Crippen LogP contribution in [-0.2, 0) is 4.79 Å². The Hall–Kier alpha value is -1.91. The van der Waals surface area contributed by atoms with Gasteiger partial charge in [-0.3, -0.25) is 4.79 Å². The summed E-state index contributed by atoms with van der Waals surface area (Å²) in [5, 5.41) is 23.1. The molecule has 0 rings (SSSR count). The summed E-state index contributed by atoms with van der Waals surface area (Å²) in [7, 11) is 0. The van der Waals surface area contributed by atoms with E-state index in [9.17, 15) is 15.0 Å². The van der Waals surface area contributed by atoms with Crippen molar-refractivity contribution in [2.24, 2.45) is 0 Å². The van der Waals surface area contributed by atoms with Gasteiger partial charge in [0.1, 0.15) is 0 Å². The number of amides is 1. The fourth-order valence-corrected chi connectivity index (χ4v) is 5.56. The molecule has 0 aromatic carbocycles. The highest BCUT2D eigenvalue weighted by molar-refractivity contribution is 5.76. The van der Waals surface area contributed by atoms with Gasteiger partial charge in [0, 0.05) is 6.42 Å². The van der Waals surface area contributed by atoms with Crippen LogP contribution in [0.2, 0.25) is 0 Å². The van der Waals surface area contributed by atoms with Crippen LogP contribution in [0.4, 0.5) is 0 Å². The van der Waals surface area contributed by atoms with Crippen LogP contribution >= 0.6 is 0 Å². The second-order valence-corrected chi connectivity index (χ2v) is 13.0. The molecule has 266 valence electrons. The molecule has 0 aliphatic heterocycles. The number of carbonyl (C=O) groups excluding carboxylic acids is 1. The van der Waals surface area contributed by atoms with Crippen LogP contribution in [0.1, 0.15) is 181 Å². The zero-order valence-electron chi connectivity index (χ0n) is 30.3. The minimum Gasteiger partial charge on any atom is -0.394 e. The molecule has 0 aliphatic carbocycles. The van der Waals surface area contributed by atoms with Gasteiger partial charge in [-0.15, -0.1) is 0 Å². The third kappa shape index (κ3) is 33.5. The highest BCUT2D eigenvalue weighted by Gasteiger charge is 2.19. The quantitative estimate of drug-likeness (QED) is 0.0483. The fraction of sp³-hybridized carbons (Fsp3) is 0.738. The van der Waals surface area contributed by atoms with Crippen LogP contribution in [-0.4, -0.2) is 34.9 Å². The molecule has 0 aromatic heterocycles. The van der Waals surface area contributed by atoms with E-state index in [0.717, 1.165) is 70.6 Å². The number of aliphatic hydroxyl groups is 2. The van der Waals surface area contributed by atoms with Crippen molar-refractivity contribution in [2.75, 3.05) is 6.61 Å². The Labute approximate surface area is 286 Å². The van der Waals surface area contributed by atoms with Crippen LogP contribution < -0.4 is 5.32 Å². The van der Waals surface area contributed by atoms with E-state index < -0.39 is 12.1 Å². The predicted octanol–water partition coefficient (Wildman–Crippen LogP) is 11.8. The van der Waals surface area contributed by atoms with Crippen LogP contribution in [0.5, 0.6) is 0 Å². The van der Waals surface area contributed by atoms with Crippen molar-refractivity contribution in [1.82, 2.24) is 5.32 Å². The highest BCUT2D eigenvalue weighted by Crippen LogP contribution is 2.15. The summed E-state index contributed by atoms with van der Waals surface area (Å²) in [5.41, 5.74) is 0. The van der Waals surface area contributed by atoms with Gasteiger partial charge in [-0.2, -0.15) is 0 Å². The molecule has 2 unspecified atom stereocenters. The van der Waals surface area contributed by atoms with Crippen LogP contribution in [0.15, 0.2) is 60.8 Å². The first kappa shape index (κ1) is 44.1. The van der Waals surface area contributed by atoms with Gasteiger partial charge in [-0.1, -0.05) is 177 Å². The van der Waals surface area contributed by atoms with Crippen molar-refractivity contribution in [1.29, 1.82) is 0 Å². The van der Waals surface area contributed by atoms with Crippen LogP contribution in [0.3, 0.4) is 0 Å². The van der Waals surface area contributed by atoms with Gasteiger partial charge in [-0.25, -0.2) is 0 Å². The number of allylic oxidation sites excluding steroid dienone is 10. The maximum atomic E-state index is 12.3. The van der Waals surface area contributed by atoms with E-state index in [1.54, 1.807) is 0 Å². The molecule has 2 atom stereocenters. The van der Waals surface area contributed by atoms with Gasteiger partial charge in [0.15, 0.2) is 0 Å². The summed E-state index contributed by atoms with van der Waals surface area (Å²) >= 11 is 0. The largest absolute Gasteiger partial charge is 0.394 e. The monoisotopic (exact) mass is 642 g/mol. The number of nitrogens with one attached hydrogen (secondary N) is 1. The normalized spacial score (nSPS) is 13.7. The predicted molar refractivity (Wildman–Crippen MR) is 202 cm³/mol. The average Bonchev–Trinajstić information content (AvgIpc) is 3.06. The maximum absolute atomic E-state index is 12.3. The Morgan fingerprint density at radius 2 is 0.957 bits per heavy atom. The Morgan fingerprint density at radius 3 is 1.41 bits per heavy atom. The Bertz CT molecular complexity index is 782. The van der Waals surface area contributed by atoms with Gasteiger partial charge in [0.25, 0.3) is 0 Å². The third-order valence-electron chi connectivity index (χ3n) is 8.54. The van der Waals surface area contributed by atoms with E-state index >= 15 is 0 Å². The SMILES string of the molecule is CC/C=C\C/C=C\C/C=C\C/C=C\C/C=C\CCCCCC(=O)NC(CO)C(O)CCCCCCCCCCCCCCCCC. The molecule has 0 aliphatic rings. The first-order valence-corrected chi connectivity index (χ1v) is 19.5. The van der Waals surface area contributed by atoms with Gasteiger partial charge in [0.05, 0.1) is 18.8 Å². The Morgan fingerprint density at radius 1 is 0.543 bits per heavy atom. The molecule has 0 saturated carbocycles. The van der Waals surface area contributed by atoms with E-state index in [1.165, 1.54) is 83.5 Å². The Balaban J connectivity index is 3.66. The first-order chi connectivity index (χ1) is 22.7. The molecule has 0 radical (unpaired) electrons. The van der Waals surface area contributed by atoms with Crippen molar-refractivity contribution in [3.8, 4) is 0 Å². The topological polar surface area (TPSA) is 69.6 Å². The summed E-state index contributed by atoms with van der Waals surface area (Å²) in [6, 6.07) is -0.555. The average molecular weight is 642 g/mol. The zero-order valence-corrected chi connectivity index (χ0v) is 30.3. The summed E-state index contributed by atoms with van der Waals surface area (Å²) in [6.45, 7) is 4.22. The lowest BCUT2D eigenvalue weighted by atomic mass is 10.0. The van der Waals surface area contributed by atoms with Gasteiger partial charge < -0.3 is 15.5 Å². The molecule has 1 amide bonds. The minimum absolute atomic E-state index is 0.0653. The molecule has 0 bridgehead atoms. The van der Waals surface area contributed by atoms with Crippen molar-refractivity contribution in [2.45, 2.75) is 193 Å². The third-order valence-corrected chi connectivity index (χ3v) is 8.54. The van der Waals surface area contributed by atoms with Crippen LogP contribution in [0, 0.1) is 0 Å². The molecule has 0 saturated heterocycles. The second kappa shape index (κ2) is 37.5. The molecule has 0 spiro atoms. The van der Waals surface area contributed by atoms with E-state index in [2.05, 4.69) is 79.9 Å². The number of hydrogen-bond donors (Lipinski definition) is 3. The van der Waals surface area contributed by atoms with Crippen molar-refractivity contribution in [3.05, 3.63) is 60.8 Å². The first-order valence-electron chi connectivity index (χ1n) is 19.5. The van der Waals surface area contributed by atoms with Crippen molar-refractivity contribution < 1.29 is 15.0 Å². The number of carbonyl (C=O) groups is 1. The molecular weight excluding hydrogens is 566 g/mol. The lowest BCUT2D eigenvalue weighted by Crippen LogP contribution is -2.45. The smallest absolute Gasteiger partial charge is 0.220 e. The van der Waals surface area contributed by atoms with Gasteiger partial charge in [0.2, 0.25) is 5.91 Å². The summed E-state index contributed by atoms with van der Waals surface area (Å²) < 4.78 is 0. The number of rotatable bonds is 34. The van der Waals surface area contributed by atoms with E-state index in [0.29, 0.717) is 12.8 Å². The lowest BCUT2D eigenvalue weighted by molar-refractivity contribution is -0.123. The van der Waals surface area contributed by atoms with E-state index in [1.807, 2.05) is 0 Å². The molecular formula is C42H75NO3. The molecule has 0 heterocycles. The van der Waals surface area contributed by atoms with Crippen molar-refractivity contribution >= 4 is 5.91 Å². The lowest BCUT2D eigenvalue weighted by Gasteiger charge is -2.22. The summed E-state index contributed by atoms with van der Waals surface area (Å²) in [5.74, 6) is -0.0653. The summed E-state index contributed by atoms with van der Waals surface area (Å²) in [6.07, 6.45) is 51.3. The number of aliphatic hydroxyl groups excluding tert-OH is 2. The van der Waals surface area contributed by atoms with Gasteiger partial charge in [-0.05, 0) is 57.8 Å². The Kier molecular flexibility index (Phi) is 36.0. The van der Waals surface area contributed by atoms with Crippen LogP contribution in [0.25, 0.3) is 0 Å². The van der Waals surface area contributed by atoms with Gasteiger partial charge >= 0.3 is 0 Å². The second-order valence-electron chi connectivity index (χ2n) is 13.0. The van der Waals surface area contributed by atoms with E-state index in [4.69, 9.17) is 0 Å². The maximum Gasteiger partial charge on any atom is 0.220 e. The molecule has 3 N–H and O–H groups in total. The number of hydrogen-bond acceptors (Lipinski definition) is 3. The molecule has 46 heavy (non-hydrogen) atoms. The molecule has 4 nitrogen and oxygen atoms in total.